The van der Waals surface area contributed by atoms with E-state index in [-0.39, 0.29) is 12.5 Å². The minimum absolute atomic E-state index is 0.101. The van der Waals surface area contributed by atoms with Gasteiger partial charge in [-0.2, -0.15) is 0 Å². The average molecular weight is 460 g/mol. The van der Waals surface area contributed by atoms with Crippen molar-refractivity contribution in [3.05, 3.63) is 75.6 Å². The Labute approximate surface area is 193 Å². The van der Waals surface area contributed by atoms with Crippen molar-refractivity contribution in [2.24, 2.45) is 0 Å². The first kappa shape index (κ1) is 21.5. The molecule has 0 N–H and O–H groups in total. The fourth-order valence-corrected chi connectivity index (χ4v) is 4.19. The number of fused-ring (bicyclic) bond motifs is 4. The third-order valence-corrected chi connectivity index (χ3v) is 5.61. The molecule has 8 nitrogen and oxygen atoms in total. The van der Waals surface area contributed by atoms with Crippen LogP contribution in [-0.4, -0.2) is 18.7 Å². The molecule has 0 unspecified atom stereocenters. The second-order valence-electron chi connectivity index (χ2n) is 7.97. The van der Waals surface area contributed by atoms with E-state index in [0.717, 1.165) is 10.9 Å². The topological polar surface area (TPSA) is 101 Å². The van der Waals surface area contributed by atoms with Gasteiger partial charge in [-0.15, -0.1) is 0 Å². The second-order valence-corrected chi connectivity index (χ2v) is 7.97. The van der Waals surface area contributed by atoms with Crippen LogP contribution in [0, 0.1) is 6.92 Å². The standard InChI is InChI=1S/C26H20O8/c1-13-10-23(29)34-25-17(13)5-6-19-18(25)7-8-20(26(19)33-15(3)28)24(32-14(2)27)16-4-9-21-22(11-16)31-12-30-21/h4-11,24H,12H2,1-3H3/t24-/m1/s1. The zero-order valence-electron chi connectivity index (χ0n) is 18.7. The Balaban J connectivity index is 1.77. The van der Waals surface area contributed by atoms with Crippen LogP contribution in [0.3, 0.4) is 0 Å². The Bertz CT molecular complexity index is 1530. The largest absolute Gasteiger partial charge is 0.454 e. The highest BCUT2D eigenvalue weighted by molar-refractivity contribution is 6.08. The van der Waals surface area contributed by atoms with Gasteiger partial charge in [-0.3, -0.25) is 9.59 Å². The van der Waals surface area contributed by atoms with E-state index in [1.165, 1.54) is 19.9 Å². The van der Waals surface area contributed by atoms with Crippen LogP contribution in [-0.2, 0) is 14.3 Å². The van der Waals surface area contributed by atoms with Gasteiger partial charge < -0.3 is 23.4 Å². The highest BCUT2D eigenvalue weighted by Gasteiger charge is 2.27. The predicted octanol–water partition coefficient (Wildman–Crippen LogP) is 4.56. The predicted molar refractivity (Wildman–Crippen MR) is 122 cm³/mol. The molecule has 0 fully saturated rings. The maximum Gasteiger partial charge on any atom is 0.336 e. The smallest absolute Gasteiger partial charge is 0.336 e. The lowest BCUT2D eigenvalue weighted by molar-refractivity contribution is -0.144. The molecule has 1 aromatic heterocycles. The normalized spacial score (nSPS) is 13.1. The SMILES string of the molecule is CC(=O)Oc1c([C@H](OC(C)=O)c2ccc3c(c2)OCO3)ccc2c1ccc1c(C)cc(=O)oc12. The molecule has 1 atom stereocenters. The number of carbonyl (C=O) groups excluding carboxylic acids is 2. The first-order valence-corrected chi connectivity index (χ1v) is 10.6. The van der Waals surface area contributed by atoms with E-state index in [9.17, 15) is 14.4 Å². The van der Waals surface area contributed by atoms with Crippen LogP contribution in [0.1, 0.15) is 36.6 Å². The molecule has 34 heavy (non-hydrogen) atoms. The number of benzene rings is 3. The molecule has 0 aliphatic carbocycles. The number of carbonyl (C=O) groups is 2. The number of hydrogen-bond acceptors (Lipinski definition) is 8. The fourth-order valence-electron chi connectivity index (χ4n) is 4.19. The molecule has 1 aliphatic heterocycles. The van der Waals surface area contributed by atoms with Gasteiger partial charge in [0.15, 0.2) is 17.6 Å². The number of ether oxygens (including phenoxy) is 4. The van der Waals surface area contributed by atoms with Gasteiger partial charge >= 0.3 is 17.6 Å². The molecule has 3 aromatic carbocycles. The zero-order chi connectivity index (χ0) is 24.0. The monoisotopic (exact) mass is 460 g/mol. The van der Waals surface area contributed by atoms with Gasteiger partial charge in [0.1, 0.15) is 11.3 Å². The highest BCUT2D eigenvalue weighted by Crippen LogP contribution is 2.43. The lowest BCUT2D eigenvalue weighted by atomic mass is 9.95. The molecule has 2 heterocycles. The van der Waals surface area contributed by atoms with Gasteiger partial charge in [-0.05, 0) is 36.8 Å². The van der Waals surface area contributed by atoms with Crippen LogP contribution < -0.4 is 19.8 Å². The Hall–Kier alpha value is -4.33. The average Bonchev–Trinajstić information content (AvgIpc) is 3.25. The summed E-state index contributed by atoms with van der Waals surface area (Å²) in [6.45, 7) is 4.51. The van der Waals surface area contributed by atoms with Crippen molar-refractivity contribution < 1.29 is 33.0 Å². The van der Waals surface area contributed by atoms with E-state index in [4.69, 9.17) is 23.4 Å². The van der Waals surface area contributed by atoms with E-state index >= 15 is 0 Å². The molecule has 0 radical (unpaired) electrons. The number of esters is 2. The van der Waals surface area contributed by atoms with Crippen molar-refractivity contribution in [1.82, 2.24) is 0 Å². The van der Waals surface area contributed by atoms with Gasteiger partial charge in [0.05, 0.1) is 0 Å². The number of rotatable bonds is 4. The molecule has 0 saturated carbocycles. The maximum atomic E-state index is 12.1. The maximum absolute atomic E-state index is 12.1. The summed E-state index contributed by atoms with van der Waals surface area (Å²) in [7, 11) is 0. The third kappa shape index (κ3) is 3.73. The summed E-state index contributed by atoms with van der Waals surface area (Å²) in [6.07, 6.45) is -0.897. The Kier molecular flexibility index (Phi) is 5.20. The van der Waals surface area contributed by atoms with Crippen LogP contribution in [0.2, 0.25) is 0 Å². The van der Waals surface area contributed by atoms with Crippen LogP contribution in [0.25, 0.3) is 21.7 Å². The van der Waals surface area contributed by atoms with Gasteiger partial charge in [-0.1, -0.05) is 18.2 Å². The first-order chi connectivity index (χ1) is 16.3. The van der Waals surface area contributed by atoms with E-state index in [1.807, 2.05) is 6.92 Å². The molecular formula is C26H20O8. The molecular weight excluding hydrogens is 440 g/mol. The fraction of sp³-hybridized carbons (Fsp3) is 0.192. The van der Waals surface area contributed by atoms with Crippen molar-refractivity contribution in [2.45, 2.75) is 26.9 Å². The lowest BCUT2D eigenvalue weighted by Gasteiger charge is -2.22. The summed E-state index contributed by atoms with van der Waals surface area (Å²) in [5.41, 5.74) is 1.73. The highest BCUT2D eigenvalue weighted by atomic mass is 16.7. The summed E-state index contributed by atoms with van der Waals surface area (Å²) in [5.74, 6) is 0.247. The molecule has 5 rings (SSSR count). The Morgan fingerprint density at radius 2 is 1.62 bits per heavy atom. The third-order valence-electron chi connectivity index (χ3n) is 5.61. The van der Waals surface area contributed by atoms with Gasteiger partial charge in [0.25, 0.3) is 0 Å². The molecule has 1 aliphatic rings. The molecule has 172 valence electrons. The molecule has 0 bridgehead atoms. The Morgan fingerprint density at radius 1 is 0.882 bits per heavy atom. The van der Waals surface area contributed by atoms with Crippen LogP contribution >= 0.6 is 0 Å². The molecule has 0 amide bonds. The van der Waals surface area contributed by atoms with Crippen molar-refractivity contribution in [3.8, 4) is 17.2 Å². The summed E-state index contributed by atoms with van der Waals surface area (Å²) in [5, 5.41) is 1.89. The first-order valence-electron chi connectivity index (χ1n) is 10.6. The zero-order valence-corrected chi connectivity index (χ0v) is 18.7. The van der Waals surface area contributed by atoms with E-state index in [0.29, 0.717) is 39.0 Å². The molecule has 0 spiro atoms. The van der Waals surface area contributed by atoms with Crippen molar-refractivity contribution in [2.75, 3.05) is 6.79 Å². The van der Waals surface area contributed by atoms with Crippen LogP contribution in [0.5, 0.6) is 17.2 Å². The second kappa shape index (κ2) is 8.22. The summed E-state index contributed by atoms with van der Waals surface area (Å²) in [6, 6.07) is 13.7. The van der Waals surface area contributed by atoms with Crippen LogP contribution in [0.4, 0.5) is 0 Å². The summed E-state index contributed by atoms with van der Waals surface area (Å²) in [4.78, 5) is 36.2. The molecule has 4 aromatic rings. The van der Waals surface area contributed by atoms with Crippen molar-refractivity contribution >= 4 is 33.7 Å². The summed E-state index contributed by atoms with van der Waals surface area (Å²) >= 11 is 0. The van der Waals surface area contributed by atoms with Gasteiger partial charge in [0.2, 0.25) is 6.79 Å². The lowest BCUT2D eigenvalue weighted by Crippen LogP contribution is -2.13. The van der Waals surface area contributed by atoms with Crippen molar-refractivity contribution in [1.29, 1.82) is 0 Å². The van der Waals surface area contributed by atoms with Crippen LogP contribution in [0.15, 0.2) is 57.7 Å². The molecule has 8 heteroatoms. The Morgan fingerprint density at radius 3 is 2.38 bits per heavy atom. The van der Waals surface area contributed by atoms with E-state index in [2.05, 4.69) is 0 Å². The number of aryl methyl sites for hydroxylation is 1. The minimum Gasteiger partial charge on any atom is -0.454 e. The minimum atomic E-state index is -0.897. The van der Waals surface area contributed by atoms with Crippen molar-refractivity contribution in [3.63, 3.8) is 0 Å². The quantitative estimate of drug-likeness (QED) is 0.189. The molecule has 0 saturated heterocycles. The van der Waals surface area contributed by atoms with Gasteiger partial charge in [-0.25, -0.2) is 4.79 Å². The van der Waals surface area contributed by atoms with Gasteiger partial charge in [0, 0.05) is 47.2 Å². The van der Waals surface area contributed by atoms with E-state index < -0.39 is 23.7 Å². The number of hydrogen-bond donors (Lipinski definition) is 0. The van der Waals surface area contributed by atoms with E-state index in [1.54, 1.807) is 42.5 Å². The summed E-state index contributed by atoms with van der Waals surface area (Å²) < 4.78 is 27.7.